The van der Waals surface area contributed by atoms with Crippen molar-refractivity contribution in [3.05, 3.63) is 41.5 Å². The standard InChI is InChI=1S/C27H34O13/c1-34-16-6-12(4-5-15(16)29)24-14-10-37-25(13-7-17(35-2)20(30)18(8-13)36-3)27(14,11-38-24)40-26-23(33)22(32)21(31)19(9-28)39-26/h4-8,14,19,21-26,28-33H,9-11H2,1-3H3/t14-,19?,21?,22?,23?,24-,25-,26?,27-/m1/s1. The summed E-state index contributed by atoms with van der Waals surface area (Å²) in [4.78, 5) is 0. The summed E-state index contributed by atoms with van der Waals surface area (Å²) in [5.41, 5.74) is -0.161. The summed E-state index contributed by atoms with van der Waals surface area (Å²) in [6.45, 7) is -0.557. The van der Waals surface area contributed by atoms with Gasteiger partial charge in [0.25, 0.3) is 0 Å². The van der Waals surface area contributed by atoms with Gasteiger partial charge in [-0.2, -0.15) is 0 Å². The van der Waals surface area contributed by atoms with Gasteiger partial charge in [-0.1, -0.05) is 6.07 Å². The predicted octanol–water partition coefficient (Wildman–Crippen LogP) is 0.138. The molecular formula is C27H34O13. The van der Waals surface area contributed by atoms with E-state index in [0.29, 0.717) is 11.1 Å². The van der Waals surface area contributed by atoms with Crippen molar-refractivity contribution in [3.8, 4) is 28.7 Å². The maximum absolute atomic E-state index is 10.8. The molecular weight excluding hydrogens is 532 g/mol. The summed E-state index contributed by atoms with van der Waals surface area (Å²) in [6, 6.07) is 7.95. The van der Waals surface area contributed by atoms with Gasteiger partial charge in [-0.3, -0.25) is 0 Å². The second-order valence-corrected chi connectivity index (χ2v) is 10.0. The van der Waals surface area contributed by atoms with Gasteiger partial charge in [0.15, 0.2) is 29.3 Å². The highest BCUT2D eigenvalue weighted by Gasteiger charge is 2.63. The van der Waals surface area contributed by atoms with Crippen LogP contribution in [0.3, 0.4) is 0 Å². The molecule has 5 unspecified atom stereocenters. The van der Waals surface area contributed by atoms with E-state index in [0.717, 1.165) is 0 Å². The fourth-order valence-electron chi connectivity index (χ4n) is 5.75. The van der Waals surface area contributed by atoms with E-state index in [1.807, 2.05) is 0 Å². The van der Waals surface area contributed by atoms with Crippen molar-refractivity contribution in [2.24, 2.45) is 5.92 Å². The number of phenols is 2. The Morgan fingerprint density at radius 1 is 0.850 bits per heavy atom. The van der Waals surface area contributed by atoms with Crippen LogP contribution in [0.5, 0.6) is 28.7 Å². The number of ether oxygens (including phenoxy) is 7. The molecule has 0 aromatic heterocycles. The van der Waals surface area contributed by atoms with Gasteiger partial charge in [-0.05, 0) is 35.4 Å². The van der Waals surface area contributed by atoms with Crippen LogP contribution >= 0.6 is 0 Å². The van der Waals surface area contributed by atoms with E-state index in [9.17, 15) is 30.6 Å². The van der Waals surface area contributed by atoms with Crippen LogP contribution in [0.4, 0.5) is 0 Å². The molecule has 0 amide bonds. The Morgan fingerprint density at radius 2 is 1.50 bits per heavy atom. The van der Waals surface area contributed by atoms with Crippen molar-refractivity contribution >= 4 is 0 Å². The number of aliphatic hydroxyl groups is 4. The number of fused-ring (bicyclic) bond motifs is 1. The third-order valence-corrected chi connectivity index (χ3v) is 7.89. The van der Waals surface area contributed by atoms with E-state index in [1.165, 1.54) is 27.4 Å². The highest BCUT2D eigenvalue weighted by molar-refractivity contribution is 5.54. The Bertz CT molecular complexity index is 1180. The molecule has 3 saturated heterocycles. The topological polar surface area (TPSA) is 186 Å². The summed E-state index contributed by atoms with van der Waals surface area (Å²) in [5.74, 6) is -0.256. The molecule has 40 heavy (non-hydrogen) atoms. The summed E-state index contributed by atoms with van der Waals surface area (Å²) >= 11 is 0. The monoisotopic (exact) mass is 566 g/mol. The Kier molecular flexibility index (Phi) is 8.01. The van der Waals surface area contributed by atoms with Gasteiger partial charge < -0.3 is 63.8 Å². The maximum atomic E-state index is 10.8. The number of rotatable bonds is 8. The van der Waals surface area contributed by atoms with E-state index in [4.69, 9.17) is 33.2 Å². The van der Waals surface area contributed by atoms with E-state index in [1.54, 1.807) is 24.3 Å². The summed E-state index contributed by atoms with van der Waals surface area (Å²) in [5, 5.41) is 61.7. The third-order valence-electron chi connectivity index (χ3n) is 7.89. The van der Waals surface area contributed by atoms with E-state index < -0.39 is 61.0 Å². The maximum Gasteiger partial charge on any atom is 0.200 e. The van der Waals surface area contributed by atoms with Crippen LogP contribution in [0.25, 0.3) is 0 Å². The number of hydrogen-bond acceptors (Lipinski definition) is 13. The highest BCUT2D eigenvalue weighted by atomic mass is 16.7. The summed E-state index contributed by atoms with van der Waals surface area (Å²) < 4.78 is 40.6. The smallest absolute Gasteiger partial charge is 0.200 e. The van der Waals surface area contributed by atoms with Crippen LogP contribution in [0.15, 0.2) is 30.3 Å². The van der Waals surface area contributed by atoms with E-state index in [-0.39, 0.29) is 42.0 Å². The van der Waals surface area contributed by atoms with Crippen molar-refractivity contribution in [2.45, 2.75) is 48.5 Å². The first-order chi connectivity index (χ1) is 19.2. The van der Waals surface area contributed by atoms with Crippen LogP contribution in [0, 0.1) is 5.92 Å². The number of benzene rings is 2. The molecule has 13 nitrogen and oxygen atoms in total. The van der Waals surface area contributed by atoms with Crippen LogP contribution in [-0.2, 0) is 18.9 Å². The lowest BCUT2D eigenvalue weighted by molar-refractivity contribution is -0.334. The van der Waals surface area contributed by atoms with E-state index in [2.05, 4.69) is 0 Å². The predicted molar refractivity (Wildman–Crippen MR) is 134 cm³/mol. The SMILES string of the molecule is COc1cc([C@H]2OC[C@]3(OC4OC(CO)C(O)C(O)C4O)[C@@H](c4cc(OC)c(O)c(OC)c4)OC[C@H]23)ccc1O. The number of aromatic hydroxyl groups is 2. The lowest BCUT2D eigenvalue weighted by Gasteiger charge is -2.44. The lowest BCUT2D eigenvalue weighted by Crippen LogP contribution is -2.61. The Labute approximate surface area is 230 Å². The second-order valence-electron chi connectivity index (χ2n) is 10.0. The summed E-state index contributed by atoms with van der Waals surface area (Å²) in [7, 11) is 4.22. The average Bonchev–Trinajstić information content (AvgIpc) is 3.50. The van der Waals surface area contributed by atoms with Gasteiger partial charge in [0, 0.05) is 5.92 Å². The first kappa shape index (κ1) is 28.6. The van der Waals surface area contributed by atoms with Crippen LogP contribution in [0.1, 0.15) is 23.3 Å². The van der Waals surface area contributed by atoms with Gasteiger partial charge in [0.2, 0.25) is 5.75 Å². The third kappa shape index (κ3) is 4.62. The lowest BCUT2D eigenvalue weighted by atomic mass is 9.80. The molecule has 6 N–H and O–H groups in total. The van der Waals surface area contributed by atoms with Gasteiger partial charge in [-0.25, -0.2) is 0 Å². The molecule has 0 bridgehead atoms. The van der Waals surface area contributed by atoms with Gasteiger partial charge in [0.05, 0.1) is 47.3 Å². The van der Waals surface area contributed by atoms with Crippen LogP contribution in [-0.4, -0.2) is 108 Å². The second kappa shape index (κ2) is 11.2. The quantitative estimate of drug-likeness (QED) is 0.254. The summed E-state index contributed by atoms with van der Waals surface area (Å²) in [6.07, 6.45) is -9.01. The minimum absolute atomic E-state index is 0.0445. The molecule has 0 aliphatic carbocycles. The zero-order chi connectivity index (χ0) is 28.8. The molecule has 13 heteroatoms. The molecule has 5 rings (SSSR count). The molecule has 0 radical (unpaired) electrons. The fraction of sp³-hybridized carbons (Fsp3) is 0.556. The zero-order valence-corrected chi connectivity index (χ0v) is 22.2. The molecule has 220 valence electrons. The van der Waals surface area contributed by atoms with Crippen molar-refractivity contribution in [2.75, 3.05) is 41.2 Å². The Balaban J connectivity index is 1.57. The van der Waals surface area contributed by atoms with Crippen LogP contribution in [0.2, 0.25) is 0 Å². The number of phenolic OH excluding ortho intramolecular Hbond substituents is 2. The average molecular weight is 567 g/mol. The largest absolute Gasteiger partial charge is 0.504 e. The minimum Gasteiger partial charge on any atom is -0.504 e. The van der Waals surface area contributed by atoms with Crippen molar-refractivity contribution in [3.63, 3.8) is 0 Å². The van der Waals surface area contributed by atoms with Gasteiger partial charge in [-0.15, -0.1) is 0 Å². The zero-order valence-electron chi connectivity index (χ0n) is 22.2. The van der Waals surface area contributed by atoms with Gasteiger partial charge >= 0.3 is 0 Å². The number of methoxy groups -OCH3 is 3. The molecule has 3 fully saturated rings. The van der Waals surface area contributed by atoms with Crippen LogP contribution < -0.4 is 14.2 Å². The highest BCUT2D eigenvalue weighted by Crippen LogP contribution is 2.57. The molecule has 3 aliphatic rings. The fourth-order valence-corrected chi connectivity index (χ4v) is 5.75. The molecule has 0 saturated carbocycles. The molecule has 2 aromatic carbocycles. The molecule has 9 atom stereocenters. The molecule has 2 aromatic rings. The first-order valence-corrected chi connectivity index (χ1v) is 12.7. The minimum atomic E-state index is -1.66. The number of hydrogen-bond donors (Lipinski definition) is 6. The molecule has 0 spiro atoms. The van der Waals surface area contributed by atoms with Crippen molar-refractivity contribution in [1.29, 1.82) is 0 Å². The molecule has 3 heterocycles. The number of aliphatic hydroxyl groups excluding tert-OH is 4. The normalized spacial score (nSPS) is 35.4. The molecule has 3 aliphatic heterocycles. The van der Waals surface area contributed by atoms with Gasteiger partial charge in [0.1, 0.15) is 36.1 Å². The first-order valence-electron chi connectivity index (χ1n) is 12.7. The van der Waals surface area contributed by atoms with Crippen molar-refractivity contribution < 1.29 is 63.8 Å². The van der Waals surface area contributed by atoms with Crippen molar-refractivity contribution in [1.82, 2.24) is 0 Å². The van der Waals surface area contributed by atoms with E-state index >= 15 is 0 Å². The Morgan fingerprint density at radius 3 is 2.12 bits per heavy atom. The Hall–Kier alpha value is -2.88.